The van der Waals surface area contributed by atoms with Crippen LogP contribution in [0.2, 0.25) is 0 Å². The fourth-order valence-electron chi connectivity index (χ4n) is 1.45. The molecule has 0 unspecified atom stereocenters. The first-order valence-electron chi connectivity index (χ1n) is 7.90. The van der Waals surface area contributed by atoms with Gasteiger partial charge in [0, 0.05) is 0 Å². The number of hydrogen-bond donors (Lipinski definition) is 4. The summed E-state index contributed by atoms with van der Waals surface area (Å²) in [6, 6.07) is 0. The van der Waals surface area contributed by atoms with Crippen LogP contribution in [0.4, 0.5) is 19.2 Å². The fourth-order valence-corrected chi connectivity index (χ4v) is 1.45. The third kappa shape index (κ3) is 10.8. The molecule has 0 bridgehead atoms. The van der Waals surface area contributed by atoms with Gasteiger partial charge in [-0.2, -0.15) is 0 Å². The van der Waals surface area contributed by atoms with Crippen molar-refractivity contribution in [1.29, 1.82) is 0 Å². The highest BCUT2D eigenvalue weighted by molar-refractivity contribution is 5.74. The molecule has 0 aromatic rings. The van der Waals surface area contributed by atoms with E-state index in [2.05, 4.69) is 0 Å². The standard InChI is InChI=1S/C14H26N4O8/c1-9(2)7-25-13(23)17(15-11(19)20)5-6-18(16-12(21)22)14(24)26-8-10(3)4/h9-10,15-16H,5-8H2,1-4H3,(H,19,20)(H,21,22). The van der Waals surface area contributed by atoms with Crippen LogP contribution in [0.5, 0.6) is 0 Å². The van der Waals surface area contributed by atoms with E-state index in [1.807, 2.05) is 10.9 Å². The summed E-state index contributed by atoms with van der Waals surface area (Å²) in [5.41, 5.74) is 3.65. The molecule has 150 valence electrons. The zero-order chi connectivity index (χ0) is 20.3. The topological polar surface area (TPSA) is 158 Å². The second-order valence-corrected chi connectivity index (χ2v) is 6.08. The average Bonchev–Trinajstić information content (AvgIpc) is 2.51. The van der Waals surface area contributed by atoms with Crippen molar-refractivity contribution in [2.75, 3.05) is 26.3 Å². The van der Waals surface area contributed by atoms with Gasteiger partial charge in [-0.1, -0.05) is 27.7 Å². The zero-order valence-electron chi connectivity index (χ0n) is 15.2. The number of nitrogens with zero attached hydrogens (tertiary/aromatic N) is 2. The molecule has 26 heavy (non-hydrogen) atoms. The van der Waals surface area contributed by atoms with Crippen LogP contribution in [0.25, 0.3) is 0 Å². The Morgan fingerprint density at radius 3 is 1.31 bits per heavy atom. The molecule has 4 amide bonds. The number of hydrazine groups is 2. The summed E-state index contributed by atoms with van der Waals surface area (Å²) in [6.45, 7) is 6.56. The van der Waals surface area contributed by atoms with Gasteiger partial charge in [-0.15, -0.1) is 0 Å². The monoisotopic (exact) mass is 378 g/mol. The lowest BCUT2D eigenvalue weighted by Gasteiger charge is -2.26. The normalized spacial score (nSPS) is 10.2. The second kappa shape index (κ2) is 11.6. The van der Waals surface area contributed by atoms with Crippen LogP contribution >= 0.6 is 0 Å². The summed E-state index contributed by atoms with van der Waals surface area (Å²) >= 11 is 0. The van der Waals surface area contributed by atoms with E-state index < -0.39 is 24.4 Å². The molecule has 12 nitrogen and oxygen atoms in total. The van der Waals surface area contributed by atoms with E-state index in [0.29, 0.717) is 10.0 Å². The van der Waals surface area contributed by atoms with Crippen molar-refractivity contribution in [3.8, 4) is 0 Å². The molecule has 0 spiro atoms. The minimum absolute atomic E-state index is 0.0295. The number of hydrogen-bond acceptors (Lipinski definition) is 6. The summed E-state index contributed by atoms with van der Waals surface area (Å²) in [4.78, 5) is 45.4. The molecule has 0 aliphatic heterocycles. The molecule has 0 aromatic carbocycles. The Balaban J connectivity index is 4.90. The van der Waals surface area contributed by atoms with E-state index in [9.17, 15) is 19.2 Å². The first-order chi connectivity index (χ1) is 12.0. The minimum atomic E-state index is -1.52. The van der Waals surface area contributed by atoms with Gasteiger partial charge >= 0.3 is 24.4 Å². The second-order valence-electron chi connectivity index (χ2n) is 6.08. The van der Waals surface area contributed by atoms with Crippen LogP contribution in [-0.2, 0) is 9.47 Å². The SMILES string of the molecule is CC(C)COC(=O)N(CCN(NC(=O)O)C(=O)OCC(C)C)NC(=O)O. The number of carboxylic acid groups (broad SMARTS) is 2. The summed E-state index contributed by atoms with van der Waals surface area (Å²) in [5, 5.41) is 18.8. The van der Waals surface area contributed by atoms with Crippen molar-refractivity contribution in [2.45, 2.75) is 27.7 Å². The molecule has 0 saturated heterocycles. The molecule has 0 aliphatic carbocycles. The number of nitrogens with one attached hydrogen (secondary N) is 2. The smallest absolute Gasteiger partial charge is 0.428 e. The predicted octanol–water partition coefficient (Wildman–Crippen LogP) is 1.54. The van der Waals surface area contributed by atoms with Crippen LogP contribution < -0.4 is 10.9 Å². The van der Waals surface area contributed by atoms with Gasteiger partial charge in [-0.3, -0.25) is 0 Å². The third-order valence-corrected chi connectivity index (χ3v) is 2.53. The largest absolute Gasteiger partial charge is 0.464 e. The van der Waals surface area contributed by atoms with Gasteiger partial charge in [0.2, 0.25) is 0 Å². The Morgan fingerprint density at radius 1 is 0.769 bits per heavy atom. The number of amides is 4. The van der Waals surface area contributed by atoms with Gasteiger partial charge in [0.05, 0.1) is 26.3 Å². The summed E-state index contributed by atoms with van der Waals surface area (Å²) in [6.07, 6.45) is -5.00. The van der Waals surface area contributed by atoms with Crippen LogP contribution in [0.15, 0.2) is 0 Å². The minimum Gasteiger partial charge on any atom is -0.464 e. The predicted molar refractivity (Wildman–Crippen MR) is 88.1 cm³/mol. The van der Waals surface area contributed by atoms with E-state index >= 15 is 0 Å². The average molecular weight is 378 g/mol. The Morgan fingerprint density at radius 2 is 1.08 bits per heavy atom. The maximum absolute atomic E-state index is 11.9. The first-order valence-corrected chi connectivity index (χ1v) is 7.90. The van der Waals surface area contributed by atoms with Gasteiger partial charge in [0.25, 0.3) is 0 Å². The Bertz CT molecular complexity index is 453. The molecular weight excluding hydrogens is 352 g/mol. The van der Waals surface area contributed by atoms with Crippen LogP contribution in [0.1, 0.15) is 27.7 Å². The highest BCUT2D eigenvalue weighted by atomic mass is 16.6. The Labute approximate surface area is 151 Å². The quantitative estimate of drug-likeness (QED) is 0.486. The molecule has 12 heteroatoms. The van der Waals surface area contributed by atoms with E-state index in [4.69, 9.17) is 19.7 Å². The van der Waals surface area contributed by atoms with Crippen LogP contribution in [0.3, 0.4) is 0 Å². The van der Waals surface area contributed by atoms with E-state index in [1.54, 1.807) is 27.7 Å². The van der Waals surface area contributed by atoms with Gasteiger partial charge in [-0.05, 0) is 11.8 Å². The number of carbonyl (C=O) groups excluding carboxylic acids is 2. The number of ether oxygens (including phenoxy) is 2. The molecular formula is C14H26N4O8. The third-order valence-electron chi connectivity index (χ3n) is 2.53. The van der Waals surface area contributed by atoms with Crippen molar-refractivity contribution in [1.82, 2.24) is 20.9 Å². The molecule has 0 aliphatic rings. The lowest BCUT2D eigenvalue weighted by atomic mass is 10.2. The number of carbonyl (C=O) groups is 4. The van der Waals surface area contributed by atoms with E-state index in [0.717, 1.165) is 0 Å². The first kappa shape index (κ1) is 23.1. The lowest BCUT2D eigenvalue weighted by molar-refractivity contribution is 0.0509. The summed E-state index contributed by atoms with van der Waals surface area (Å²) < 4.78 is 9.82. The molecule has 0 saturated carbocycles. The van der Waals surface area contributed by atoms with Gasteiger partial charge in [0.1, 0.15) is 0 Å². The van der Waals surface area contributed by atoms with Crippen LogP contribution in [-0.4, -0.2) is 70.9 Å². The van der Waals surface area contributed by atoms with Crippen LogP contribution in [0, 0.1) is 11.8 Å². The molecule has 0 radical (unpaired) electrons. The lowest BCUT2D eigenvalue weighted by Crippen LogP contribution is -2.53. The van der Waals surface area contributed by atoms with Crippen molar-refractivity contribution in [3.63, 3.8) is 0 Å². The van der Waals surface area contributed by atoms with E-state index in [1.165, 1.54) is 0 Å². The molecule has 0 aromatic heterocycles. The maximum Gasteiger partial charge on any atom is 0.428 e. The Kier molecular flexibility index (Phi) is 10.3. The van der Waals surface area contributed by atoms with Crippen molar-refractivity contribution < 1.29 is 38.9 Å². The van der Waals surface area contributed by atoms with Crippen molar-refractivity contribution in [3.05, 3.63) is 0 Å². The van der Waals surface area contributed by atoms with Gasteiger partial charge in [0.15, 0.2) is 0 Å². The fraction of sp³-hybridized carbons (Fsp3) is 0.714. The van der Waals surface area contributed by atoms with E-state index in [-0.39, 0.29) is 38.1 Å². The highest BCUT2D eigenvalue weighted by Gasteiger charge is 2.23. The molecule has 0 rings (SSSR count). The highest BCUT2D eigenvalue weighted by Crippen LogP contribution is 2.00. The molecule has 0 heterocycles. The van der Waals surface area contributed by atoms with Gasteiger partial charge < -0.3 is 19.7 Å². The van der Waals surface area contributed by atoms with Crippen molar-refractivity contribution in [2.24, 2.45) is 11.8 Å². The van der Waals surface area contributed by atoms with Crippen molar-refractivity contribution >= 4 is 24.4 Å². The number of rotatable bonds is 7. The molecule has 0 atom stereocenters. The van der Waals surface area contributed by atoms with Gasteiger partial charge in [-0.25, -0.2) is 40.0 Å². The molecule has 0 fully saturated rings. The maximum atomic E-state index is 11.9. The Hall–Kier alpha value is -2.92. The molecule has 4 N–H and O–H groups in total. The summed E-state index contributed by atoms with van der Waals surface area (Å²) in [5.74, 6) is 0.0589. The summed E-state index contributed by atoms with van der Waals surface area (Å²) in [7, 11) is 0. The zero-order valence-corrected chi connectivity index (χ0v) is 15.2.